The van der Waals surface area contributed by atoms with Crippen LogP contribution in [-0.4, -0.2) is 0 Å². The van der Waals surface area contributed by atoms with Crippen molar-refractivity contribution in [3.8, 4) is 0 Å². The average molecular weight is 163 g/mol. The highest BCUT2D eigenvalue weighted by molar-refractivity contribution is 5.17. The van der Waals surface area contributed by atoms with Crippen LogP contribution in [0.5, 0.6) is 0 Å². The van der Waals surface area contributed by atoms with Gasteiger partial charge in [0.05, 0.1) is 0 Å². The average Bonchev–Trinajstić information content (AvgIpc) is 2.16. The minimum Gasteiger partial charge on any atom is -0.417 e. The fourth-order valence-corrected chi connectivity index (χ4v) is 0.924. The molecule has 12 heavy (non-hydrogen) atoms. The number of hydrogen-bond acceptors (Lipinski definition) is 2. The highest BCUT2D eigenvalue weighted by atomic mass is 16.6. The summed E-state index contributed by atoms with van der Waals surface area (Å²) in [6.07, 6.45) is 2.82. The van der Waals surface area contributed by atoms with Crippen molar-refractivity contribution in [2.45, 2.75) is 13.3 Å². The molecule has 1 aromatic carbocycles. The van der Waals surface area contributed by atoms with Gasteiger partial charge >= 0.3 is 0 Å². The van der Waals surface area contributed by atoms with E-state index in [2.05, 4.69) is 17.0 Å². The van der Waals surface area contributed by atoms with Crippen molar-refractivity contribution in [1.29, 1.82) is 0 Å². The van der Waals surface area contributed by atoms with Crippen LogP contribution in [0, 0.1) is 0 Å². The molecule has 0 bridgehead atoms. The lowest BCUT2D eigenvalue weighted by Crippen LogP contribution is -1.95. The molecule has 0 spiro atoms. The number of rotatable bonds is 3. The Labute approximate surface area is 72.6 Å². The van der Waals surface area contributed by atoms with Crippen LogP contribution in [0.2, 0.25) is 0 Å². The molecule has 0 unspecified atom stereocenters. The zero-order valence-electron chi connectivity index (χ0n) is 7.16. The SMILES string of the molecule is CC(=CCc1ccccc1)ON. The van der Waals surface area contributed by atoms with Crippen LogP contribution >= 0.6 is 0 Å². The zero-order chi connectivity index (χ0) is 8.81. The highest BCUT2D eigenvalue weighted by Crippen LogP contribution is 2.02. The molecule has 0 heterocycles. The standard InChI is InChI=1S/C10H13NO/c1-9(12-11)7-8-10-5-3-2-4-6-10/h2-7H,8,11H2,1H3. The maximum Gasteiger partial charge on any atom is 0.117 e. The Morgan fingerprint density at radius 1 is 1.42 bits per heavy atom. The summed E-state index contributed by atoms with van der Waals surface area (Å²) in [7, 11) is 0. The molecule has 0 saturated heterocycles. The number of benzene rings is 1. The number of nitrogens with two attached hydrogens (primary N) is 1. The molecule has 0 aliphatic rings. The van der Waals surface area contributed by atoms with Gasteiger partial charge in [0.15, 0.2) is 0 Å². The summed E-state index contributed by atoms with van der Waals surface area (Å²) in [5, 5.41) is 0. The molecule has 0 aliphatic heterocycles. The van der Waals surface area contributed by atoms with Crippen LogP contribution in [0.3, 0.4) is 0 Å². The fourth-order valence-electron chi connectivity index (χ4n) is 0.924. The van der Waals surface area contributed by atoms with Crippen LogP contribution < -0.4 is 5.90 Å². The Kier molecular flexibility index (Phi) is 3.35. The van der Waals surface area contributed by atoms with E-state index < -0.39 is 0 Å². The molecule has 0 radical (unpaired) electrons. The molecule has 2 nitrogen and oxygen atoms in total. The van der Waals surface area contributed by atoms with Crippen LogP contribution in [0.1, 0.15) is 12.5 Å². The Bertz CT molecular complexity index is 254. The first-order valence-electron chi connectivity index (χ1n) is 3.90. The molecule has 0 aromatic heterocycles. The first-order chi connectivity index (χ1) is 5.83. The van der Waals surface area contributed by atoms with Crippen LogP contribution in [-0.2, 0) is 11.3 Å². The van der Waals surface area contributed by atoms with Gasteiger partial charge in [0, 0.05) is 0 Å². The summed E-state index contributed by atoms with van der Waals surface area (Å²) in [5.41, 5.74) is 1.26. The molecule has 0 fully saturated rings. The molecule has 0 amide bonds. The van der Waals surface area contributed by atoms with Crippen LogP contribution in [0.4, 0.5) is 0 Å². The predicted octanol–water partition coefficient (Wildman–Crippen LogP) is 2.02. The van der Waals surface area contributed by atoms with Crippen LogP contribution in [0.15, 0.2) is 42.2 Å². The molecule has 0 atom stereocenters. The van der Waals surface area contributed by atoms with Crippen molar-refractivity contribution >= 4 is 0 Å². The van der Waals surface area contributed by atoms with Crippen molar-refractivity contribution < 1.29 is 4.84 Å². The molecular weight excluding hydrogens is 150 g/mol. The number of hydrogen-bond donors (Lipinski definition) is 1. The second-order valence-electron chi connectivity index (χ2n) is 2.62. The maximum atomic E-state index is 4.97. The lowest BCUT2D eigenvalue weighted by atomic mass is 10.1. The Hall–Kier alpha value is -1.28. The van der Waals surface area contributed by atoms with Crippen LogP contribution in [0.25, 0.3) is 0 Å². The third kappa shape index (κ3) is 2.76. The summed E-state index contributed by atoms with van der Waals surface area (Å²) in [6, 6.07) is 10.2. The Morgan fingerprint density at radius 3 is 2.67 bits per heavy atom. The molecule has 1 aromatic rings. The van der Waals surface area contributed by atoms with E-state index in [1.54, 1.807) is 0 Å². The van der Waals surface area contributed by atoms with Crippen molar-refractivity contribution in [2.75, 3.05) is 0 Å². The third-order valence-electron chi connectivity index (χ3n) is 1.65. The van der Waals surface area contributed by atoms with Crippen molar-refractivity contribution in [3.63, 3.8) is 0 Å². The van der Waals surface area contributed by atoms with Crippen molar-refractivity contribution in [3.05, 3.63) is 47.7 Å². The third-order valence-corrected chi connectivity index (χ3v) is 1.65. The first kappa shape index (κ1) is 8.81. The van der Waals surface area contributed by atoms with Gasteiger partial charge in [-0.25, -0.2) is 0 Å². The lowest BCUT2D eigenvalue weighted by molar-refractivity contribution is 0.221. The van der Waals surface area contributed by atoms with E-state index in [4.69, 9.17) is 5.90 Å². The lowest BCUT2D eigenvalue weighted by Gasteiger charge is -1.97. The normalized spacial score (nSPS) is 11.3. The molecule has 0 saturated carbocycles. The monoisotopic (exact) mass is 163 g/mol. The second kappa shape index (κ2) is 4.57. The highest BCUT2D eigenvalue weighted by Gasteiger charge is 1.88. The Morgan fingerprint density at radius 2 is 2.08 bits per heavy atom. The van der Waals surface area contributed by atoms with Crippen molar-refractivity contribution in [2.24, 2.45) is 5.90 Å². The van der Waals surface area contributed by atoms with E-state index in [0.29, 0.717) is 0 Å². The minimum atomic E-state index is 0.749. The minimum absolute atomic E-state index is 0.749. The van der Waals surface area contributed by atoms with Crippen molar-refractivity contribution in [1.82, 2.24) is 0 Å². The van der Waals surface area contributed by atoms with Gasteiger partial charge in [-0.05, 0) is 25.0 Å². The fraction of sp³-hybridized carbons (Fsp3) is 0.200. The Balaban J connectivity index is 2.54. The van der Waals surface area contributed by atoms with Gasteiger partial charge in [0.25, 0.3) is 0 Å². The molecule has 64 valence electrons. The van der Waals surface area contributed by atoms with E-state index in [1.807, 2.05) is 31.2 Å². The quantitative estimate of drug-likeness (QED) is 0.546. The van der Waals surface area contributed by atoms with Gasteiger partial charge < -0.3 is 4.84 Å². The summed E-state index contributed by atoms with van der Waals surface area (Å²) >= 11 is 0. The van der Waals surface area contributed by atoms with E-state index in [-0.39, 0.29) is 0 Å². The first-order valence-corrected chi connectivity index (χ1v) is 3.90. The molecule has 2 heteroatoms. The van der Waals surface area contributed by atoms with Gasteiger partial charge in [-0.3, -0.25) is 0 Å². The topological polar surface area (TPSA) is 35.2 Å². The van der Waals surface area contributed by atoms with Gasteiger partial charge in [-0.2, -0.15) is 5.90 Å². The maximum absolute atomic E-state index is 4.97. The van der Waals surface area contributed by atoms with Gasteiger partial charge in [0.1, 0.15) is 5.76 Å². The number of allylic oxidation sites excluding steroid dienone is 2. The second-order valence-corrected chi connectivity index (χ2v) is 2.62. The van der Waals surface area contributed by atoms with E-state index in [1.165, 1.54) is 5.56 Å². The molecular formula is C10H13NO. The molecule has 2 N–H and O–H groups in total. The summed E-state index contributed by atoms with van der Waals surface area (Å²) in [6.45, 7) is 1.84. The summed E-state index contributed by atoms with van der Waals surface area (Å²) in [4.78, 5) is 4.53. The largest absolute Gasteiger partial charge is 0.417 e. The van der Waals surface area contributed by atoms with E-state index >= 15 is 0 Å². The van der Waals surface area contributed by atoms with E-state index in [9.17, 15) is 0 Å². The summed E-state index contributed by atoms with van der Waals surface area (Å²) in [5.74, 6) is 5.72. The predicted molar refractivity (Wildman–Crippen MR) is 49.2 cm³/mol. The molecule has 0 aliphatic carbocycles. The van der Waals surface area contributed by atoms with Gasteiger partial charge in [0.2, 0.25) is 0 Å². The summed E-state index contributed by atoms with van der Waals surface area (Å²) < 4.78 is 0. The molecule has 1 rings (SSSR count). The smallest absolute Gasteiger partial charge is 0.117 e. The van der Waals surface area contributed by atoms with Gasteiger partial charge in [-0.1, -0.05) is 30.3 Å². The van der Waals surface area contributed by atoms with Gasteiger partial charge in [-0.15, -0.1) is 0 Å². The zero-order valence-corrected chi connectivity index (χ0v) is 7.16. The van der Waals surface area contributed by atoms with E-state index in [0.717, 1.165) is 12.2 Å².